The summed E-state index contributed by atoms with van der Waals surface area (Å²) in [5.74, 6) is -0.302. The SMILES string of the molecule is CCc1nc(COC(=O)Cc2csc(-c3cccc(Cl)c3)n2)cs1. The highest BCUT2D eigenvalue weighted by atomic mass is 35.5. The summed E-state index contributed by atoms with van der Waals surface area (Å²) in [4.78, 5) is 20.8. The van der Waals surface area contributed by atoms with E-state index in [1.165, 1.54) is 11.3 Å². The molecule has 0 bridgehead atoms. The van der Waals surface area contributed by atoms with Gasteiger partial charge < -0.3 is 4.74 Å². The third-order valence-corrected chi connectivity index (χ3v) is 5.45. The third-order valence-electron chi connectivity index (χ3n) is 3.23. The molecule has 3 aromatic rings. The monoisotopic (exact) mass is 378 g/mol. The molecule has 0 radical (unpaired) electrons. The number of benzene rings is 1. The number of thiazole rings is 2. The lowest BCUT2D eigenvalue weighted by Gasteiger charge is -2.01. The van der Waals surface area contributed by atoms with Crippen LogP contribution in [0, 0.1) is 0 Å². The Morgan fingerprint density at radius 3 is 2.79 bits per heavy atom. The second-order valence-electron chi connectivity index (χ2n) is 5.08. The van der Waals surface area contributed by atoms with Gasteiger partial charge in [-0.2, -0.15) is 0 Å². The van der Waals surface area contributed by atoms with E-state index in [4.69, 9.17) is 16.3 Å². The number of halogens is 1. The second kappa shape index (κ2) is 7.88. The van der Waals surface area contributed by atoms with Crippen LogP contribution in [0.25, 0.3) is 10.6 Å². The molecule has 24 heavy (non-hydrogen) atoms. The van der Waals surface area contributed by atoms with E-state index >= 15 is 0 Å². The van der Waals surface area contributed by atoms with Crippen molar-refractivity contribution in [1.29, 1.82) is 0 Å². The Balaban J connectivity index is 1.57. The lowest BCUT2D eigenvalue weighted by atomic mass is 10.2. The van der Waals surface area contributed by atoms with Crippen LogP contribution < -0.4 is 0 Å². The quantitative estimate of drug-likeness (QED) is 0.580. The molecule has 0 saturated carbocycles. The van der Waals surface area contributed by atoms with Crippen LogP contribution in [-0.4, -0.2) is 15.9 Å². The molecule has 0 saturated heterocycles. The highest BCUT2D eigenvalue weighted by Gasteiger charge is 2.11. The van der Waals surface area contributed by atoms with Crippen molar-refractivity contribution in [2.24, 2.45) is 0 Å². The Labute approximate surface area is 153 Å². The van der Waals surface area contributed by atoms with E-state index < -0.39 is 0 Å². The van der Waals surface area contributed by atoms with E-state index in [0.717, 1.165) is 27.7 Å². The summed E-state index contributed by atoms with van der Waals surface area (Å²) >= 11 is 9.06. The molecule has 2 aromatic heterocycles. The fourth-order valence-electron chi connectivity index (χ4n) is 2.07. The first-order valence-electron chi connectivity index (χ1n) is 7.43. The van der Waals surface area contributed by atoms with E-state index in [-0.39, 0.29) is 19.0 Å². The van der Waals surface area contributed by atoms with Gasteiger partial charge in [-0.15, -0.1) is 22.7 Å². The third kappa shape index (κ3) is 4.41. The molecule has 2 heterocycles. The maximum Gasteiger partial charge on any atom is 0.312 e. The average Bonchev–Trinajstić information content (AvgIpc) is 3.22. The van der Waals surface area contributed by atoms with E-state index in [2.05, 4.69) is 9.97 Å². The number of esters is 1. The minimum Gasteiger partial charge on any atom is -0.459 e. The van der Waals surface area contributed by atoms with Crippen LogP contribution in [0.15, 0.2) is 35.0 Å². The Morgan fingerprint density at radius 1 is 1.21 bits per heavy atom. The van der Waals surface area contributed by atoms with Gasteiger partial charge in [0.05, 0.1) is 22.8 Å². The molecule has 0 spiro atoms. The first kappa shape index (κ1) is 17.1. The molecule has 1 aromatic carbocycles. The van der Waals surface area contributed by atoms with Crippen molar-refractivity contribution in [3.05, 3.63) is 56.4 Å². The molecule has 0 aliphatic heterocycles. The van der Waals surface area contributed by atoms with E-state index in [9.17, 15) is 4.79 Å². The van der Waals surface area contributed by atoms with Gasteiger partial charge in [0.2, 0.25) is 0 Å². The first-order valence-corrected chi connectivity index (χ1v) is 9.57. The van der Waals surface area contributed by atoms with Crippen molar-refractivity contribution in [2.45, 2.75) is 26.4 Å². The fourth-order valence-corrected chi connectivity index (χ4v) is 3.81. The predicted octanol–water partition coefficient (Wildman–Crippen LogP) is 4.77. The van der Waals surface area contributed by atoms with Crippen molar-refractivity contribution < 1.29 is 9.53 Å². The number of hydrogen-bond acceptors (Lipinski definition) is 6. The fraction of sp³-hybridized carbons (Fsp3) is 0.235. The molecule has 7 heteroatoms. The number of ether oxygens (including phenoxy) is 1. The molecule has 0 aliphatic carbocycles. The zero-order valence-electron chi connectivity index (χ0n) is 13.0. The van der Waals surface area contributed by atoms with E-state index in [0.29, 0.717) is 10.7 Å². The number of carbonyl (C=O) groups excluding carboxylic acids is 1. The molecular formula is C17H15ClN2O2S2. The highest BCUT2D eigenvalue weighted by molar-refractivity contribution is 7.13. The minimum atomic E-state index is -0.302. The van der Waals surface area contributed by atoms with Gasteiger partial charge in [-0.25, -0.2) is 9.97 Å². The van der Waals surface area contributed by atoms with E-state index in [1.807, 2.05) is 41.9 Å². The van der Waals surface area contributed by atoms with E-state index in [1.54, 1.807) is 11.3 Å². The molecule has 0 atom stereocenters. The summed E-state index contributed by atoms with van der Waals surface area (Å²) in [6.07, 6.45) is 1.05. The van der Waals surface area contributed by atoms with Crippen molar-refractivity contribution in [1.82, 2.24) is 9.97 Å². The van der Waals surface area contributed by atoms with Crippen LogP contribution in [0.3, 0.4) is 0 Å². The summed E-state index contributed by atoms with van der Waals surface area (Å²) in [6.45, 7) is 2.26. The second-order valence-corrected chi connectivity index (χ2v) is 7.32. The molecule has 0 fully saturated rings. The number of aryl methyl sites for hydroxylation is 1. The van der Waals surface area contributed by atoms with Gasteiger partial charge in [-0.05, 0) is 18.6 Å². The van der Waals surface area contributed by atoms with Crippen molar-refractivity contribution in [3.63, 3.8) is 0 Å². The molecular weight excluding hydrogens is 364 g/mol. The molecule has 0 unspecified atom stereocenters. The van der Waals surface area contributed by atoms with Gasteiger partial charge >= 0.3 is 5.97 Å². The number of hydrogen-bond donors (Lipinski definition) is 0. The molecule has 0 amide bonds. The Hall–Kier alpha value is -1.76. The number of aromatic nitrogens is 2. The largest absolute Gasteiger partial charge is 0.459 e. The van der Waals surface area contributed by atoms with Crippen molar-refractivity contribution in [3.8, 4) is 10.6 Å². The standard InChI is InChI=1S/C17H15ClN2O2S2/c1-2-15-19-14(10-23-15)8-22-16(21)7-13-9-24-17(20-13)11-4-3-5-12(18)6-11/h3-6,9-10H,2,7-8H2,1H3. The van der Waals surface area contributed by atoms with Crippen LogP contribution in [0.1, 0.15) is 23.3 Å². The summed E-state index contributed by atoms with van der Waals surface area (Å²) in [7, 11) is 0. The zero-order chi connectivity index (χ0) is 16.9. The van der Waals surface area contributed by atoms with Gasteiger partial charge in [0.25, 0.3) is 0 Å². The summed E-state index contributed by atoms with van der Waals surface area (Å²) < 4.78 is 5.27. The summed E-state index contributed by atoms with van der Waals surface area (Å²) in [6, 6.07) is 7.50. The summed E-state index contributed by atoms with van der Waals surface area (Å²) in [5.41, 5.74) is 2.44. The Morgan fingerprint density at radius 2 is 2.04 bits per heavy atom. The summed E-state index contributed by atoms with van der Waals surface area (Å²) in [5, 5.41) is 6.35. The Kier molecular flexibility index (Phi) is 5.60. The molecule has 0 N–H and O–H groups in total. The molecule has 0 aliphatic rings. The topological polar surface area (TPSA) is 52.1 Å². The van der Waals surface area contributed by atoms with Gasteiger partial charge in [-0.1, -0.05) is 30.7 Å². The number of carbonyl (C=O) groups is 1. The van der Waals surface area contributed by atoms with Crippen LogP contribution in [-0.2, 0) is 29.0 Å². The van der Waals surface area contributed by atoms with Crippen LogP contribution in [0.5, 0.6) is 0 Å². The van der Waals surface area contributed by atoms with Gasteiger partial charge in [0.1, 0.15) is 11.6 Å². The van der Waals surface area contributed by atoms with Gasteiger partial charge in [0.15, 0.2) is 0 Å². The lowest BCUT2D eigenvalue weighted by Crippen LogP contribution is -2.08. The lowest BCUT2D eigenvalue weighted by molar-refractivity contribution is -0.144. The number of nitrogens with zero attached hydrogens (tertiary/aromatic N) is 2. The average molecular weight is 379 g/mol. The Bertz CT molecular complexity index is 844. The number of rotatable bonds is 6. The van der Waals surface area contributed by atoms with Gasteiger partial charge in [0, 0.05) is 21.3 Å². The first-order chi connectivity index (χ1) is 11.6. The predicted molar refractivity (Wildman–Crippen MR) is 97.6 cm³/mol. The smallest absolute Gasteiger partial charge is 0.312 e. The highest BCUT2D eigenvalue weighted by Crippen LogP contribution is 2.26. The maximum absolute atomic E-state index is 12.0. The molecule has 4 nitrogen and oxygen atoms in total. The molecule has 124 valence electrons. The van der Waals surface area contributed by atoms with Gasteiger partial charge in [-0.3, -0.25) is 4.79 Å². The normalized spacial score (nSPS) is 10.8. The van der Waals surface area contributed by atoms with Crippen molar-refractivity contribution >= 4 is 40.2 Å². The maximum atomic E-state index is 12.0. The van der Waals surface area contributed by atoms with Crippen LogP contribution >= 0.6 is 34.3 Å². The van der Waals surface area contributed by atoms with Crippen LogP contribution in [0.4, 0.5) is 0 Å². The van der Waals surface area contributed by atoms with Crippen molar-refractivity contribution in [2.75, 3.05) is 0 Å². The molecule has 3 rings (SSSR count). The zero-order valence-corrected chi connectivity index (χ0v) is 15.4. The minimum absolute atomic E-state index is 0.155. The van der Waals surface area contributed by atoms with Crippen LogP contribution in [0.2, 0.25) is 5.02 Å².